The first-order chi connectivity index (χ1) is 8.45. The Morgan fingerprint density at radius 3 is 2.83 bits per heavy atom. The Labute approximate surface area is 129 Å². The number of rotatable bonds is 3. The number of aliphatic hydroxyl groups is 1. The first kappa shape index (κ1) is 14.3. The Morgan fingerprint density at radius 1 is 1.56 bits per heavy atom. The van der Waals surface area contributed by atoms with Crippen LogP contribution in [0.4, 0.5) is 0 Å². The maximum atomic E-state index is 12.3. The molecule has 1 aromatic carbocycles. The molecule has 0 bridgehead atoms. The van der Waals surface area contributed by atoms with Crippen LogP contribution in [-0.2, 0) is 0 Å². The fourth-order valence-corrected chi connectivity index (χ4v) is 3.19. The van der Waals surface area contributed by atoms with Crippen molar-refractivity contribution in [3.05, 3.63) is 31.8 Å². The van der Waals surface area contributed by atoms with Gasteiger partial charge in [0.1, 0.15) is 0 Å². The molecule has 1 aromatic rings. The molecule has 18 heavy (non-hydrogen) atoms. The Kier molecular flexibility index (Phi) is 4.33. The standard InChI is InChI=1S/C13H15BrINO2/c1-2-5-13(18)7-16(8-13)12(17)10-6-9(14)3-4-11(10)15/h3-4,6,18H,2,5,7-8H2,1H3. The molecule has 1 aliphatic heterocycles. The number of carbonyl (C=O) groups excluding carboxylic acids is 1. The van der Waals surface area contributed by atoms with Crippen molar-refractivity contribution in [1.29, 1.82) is 0 Å². The van der Waals surface area contributed by atoms with Gasteiger partial charge in [0.25, 0.3) is 5.91 Å². The second kappa shape index (κ2) is 5.46. The van der Waals surface area contributed by atoms with Crippen molar-refractivity contribution < 1.29 is 9.90 Å². The average Bonchev–Trinajstić information content (AvgIpc) is 2.28. The van der Waals surface area contributed by atoms with Crippen molar-refractivity contribution in [2.24, 2.45) is 0 Å². The first-order valence-corrected chi connectivity index (χ1v) is 7.79. The molecule has 0 aromatic heterocycles. The van der Waals surface area contributed by atoms with Crippen molar-refractivity contribution in [2.45, 2.75) is 25.4 Å². The van der Waals surface area contributed by atoms with Gasteiger partial charge in [-0.3, -0.25) is 4.79 Å². The van der Waals surface area contributed by atoms with E-state index in [-0.39, 0.29) is 5.91 Å². The average molecular weight is 424 g/mol. The number of halogens is 2. The molecule has 98 valence electrons. The van der Waals surface area contributed by atoms with Crippen LogP contribution in [-0.4, -0.2) is 34.6 Å². The minimum absolute atomic E-state index is 0.00137. The van der Waals surface area contributed by atoms with Gasteiger partial charge >= 0.3 is 0 Å². The van der Waals surface area contributed by atoms with E-state index < -0.39 is 5.60 Å². The highest BCUT2D eigenvalue weighted by Crippen LogP contribution is 2.29. The quantitative estimate of drug-likeness (QED) is 0.759. The highest BCUT2D eigenvalue weighted by atomic mass is 127. The van der Waals surface area contributed by atoms with Crippen LogP contribution >= 0.6 is 38.5 Å². The van der Waals surface area contributed by atoms with Crippen LogP contribution in [0.25, 0.3) is 0 Å². The smallest absolute Gasteiger partial charge is 0.255 e. The summed E-state index contributed by atoms with van der Waals surface area (Å²) in [4.78, 5) is 14.0. The molecule has 1 N–H and O–H groups in total. The molecular weight excluding hydrogens is 409 g/mol. The zero-order valence-corrected chi connectivity index (χ0v) is 13.9. The molecule has 1 saturated heterocycles. The number of amides is 1. The number of likely N-dealkylation sites (tertiary alicyclic amines) is 1. The van der Waals surface area contributed by atoms with Gasteiger partial charge < -0.3 is 10.0 Å². The maximum absolute atomic E-state index is 12.3. The van der Waals surface area contributed by atoms with E-state index in [9.17, 15) is 9.90 Å². The minimum Gasteiger partial charge on any atom is -0.386 e. The zero-order chi connectivity index (χ0) is 13.3. The van der Waals surface area contributed by atoms with Crippen molar-refractivity contribution >= 4 is 44.4 Å². The van der Waals surface area contributed by atoms with Crippen molar-refractivity contribution in [2.75, 3.05) is 13.1 Å². The number of benzene rings is 1. The predicted octanol–water partition coefficient (Wildman–Crippen LogP) is 3.04. The number of carbonyl (C=O) groups is 1. The van der Waals surface area contributed by atoms with E-state index in [1.165, 1.54) is 0 Å². The number of hydrogen-bond acceptors (Lipinski definition) is 2. The summed E-state index contributed by atoms with van der Waals surface area (Å²) in [6.45, 7) is 2.93. The summed E-state index contributed by atoms with van der Waals surface area (Å²) >= 11 is 5.54. The molecule has 1 aliphatic rings. The lowest BCUT2D eigenvalue weighted by atomic mass is 9.89. The van der Waals surface area contributed by atoms with Gasteiger partial charge in [0.15, 0.2) is 0 Å². The van der Waals surface area contributed by atoms with E-state index in [2.05, 4.69) is 38.5 Å². The number of β-amino-alcohol motifs (C(OH)–C–C–N with tert-alkyl or cyclic N) is 1. The summed E-state index contributed by atoms with van der Waals surface area (Å²) in [5, 5.41) is 10.1. The van der Waals surface area contributed by atoms with Gasteiger partial charge in [-0.2, -0.15) is 0 Å². The Hall–Kier alpha value is -0.140. The molecule has 0 radical (unpaired) electrons. The maximum Gasteiger partial charge on any atom is 0.255 e. The second-order valence-electron chi connectivity index (χ2n) is 4.76. The van der Waals surface area contributed by atoms with Gasteiger partial charge in [-0.1, -0.05) is 29.3 Å². The van der Waals surface area contributed by atoms with E-state index in [1.54, 1.807) is 4.90 Å². The highest BCUT2D eigenvalue weighted by Gasteiger charge is 2.43. The molecular formula is C13H15BrINO2. The van der Waals surface area contributed by atoms with Crippen LogP contribution in [0.5, 0.6) is 0 Å². The van der Waals surface area contributed by atoms with E-state index in [0.29, 0.717) is 18.7 Å². The van der Waals surface area contributed by atoms with E-state index in [1.807, 2.05) is 25.1 Å². The largest absolute Gasteiger partial charge is 0.386 e. The molecule has 1 amide bonds. The van der Waals surface area contributed by atoms with E-state index in [0.717, 1.165) is 20.9 Å². The summed E-state index contributed by atoms with van der Waals surface area (Å²) in [6, 6.07) is 5.67. The minimum atomic E-state index is -0.665. The third-order valence-corrected chi connectivity index (χ3v) is 4.57. The van der Waals surface area contributed by atoms with Crippen LogP contribution in [0.15, 0.2) is 22.7 Å². The van der Waals surface area contributed by atoms with Crippen molar-refractivity contribution in [1.82, 2.24) is 4.90 Å². The molecule has 1 fully saturated rings. The van der Waals surface area contributed by atoms with Gasteiger partial charge in [0.2, 0.25) is 0 Å². The van der Waals surface area contributed by atoms with E-state index >= 15 is 0 Å². The molecule has 3 nitrogen and oxygen atoms in total. The Bertz CT molecular complexity index is 472. The fraction of sp³-hybridized carbons (Fsp3) is 0.462. The summed E-state index contributed by atoms with van der Waals surface area (Å²) in [5.74, 6) is 0.00137. The lowest BCUT2D eigenvalue weighted by Gasteiger charge is -2.46. The van der Waals surface area contributed by atoms with Crippen LogP contribution < -0.4 is 0 Å². The van der Waals surface area contributed by atoms with Crippen LogP contribution in [0.3, 0.4) is 0 Å². The monoisotopic (exact) mass is 423 g/mol. The zero-order valence-electron chi connectivity index (χ0n) is 10.1. The van der Waals surface area contributed by atoms with Crippen LogP contribution in [0, 0.1) is 3.57 Å². The van der Waals surface area contributed by atoms with Gasteiger partial charge in [-0.05, 0) is 47.2 Å². The number of nitrogens with zero attached hydrogens (tertiary/aromatic N) is 1. The first-order valence-electron chi connectivity index (χ1n) is 5.92. The lowest BCUT2D eigenvalue weighted by Crippen LogP contribution is -2.63. The topological polar surface area (TPSA) is 40.5 Å². The molecule has 0 spiro atoms. The SMILES string of the molecule is CCCC1(O)CN(C(=O)c2cc(Br)ccc2I)C1. The fourth-order valence-electron chi connectivity index (χ4n) is 2.26. The predicted molar refractivity (Wildman–Crippen MR) is 82.6 cm³/mol. The Morgan fingerprint density at radius 2 is 2.22 bits per heavy atom. The third kappa shape index (κ3) is 2.88. The summed E-state index contributed by atoms with van der Waals surface area (Å²) in [7, 11) is 0. The molecule has 5 heteroatoms. The summed E-state index contributed by atoms with van der Waals surface area (Å²) in [5.41, 5.74) is 0.0329. The van der Waals surface area contributed by atoms with Crippen LogP contribution in [0.2, 0.25) is 0 Å². The van der Waals surface area contributed by atoms with Gasteiger partial charge in [-0.15, -0.1) is 0 Å². The second-order valence-corrected chi connectivity index (χ2v) is 6.84. The molecule has 2 rings (SSSR count). The molecule has 1 heterocycles. The van der Waals surface area contributed by atoms with Crippen LogP contribution in [0.1, 0.15) is 30.1 Å². The van der Waals surface area contributed by atoms with Gasteiger partial charge in [-0.25, -0.2) is 0 Å². The van der Waals surface area contributed by atoms with Crippen molar-refractivity contribution in [3.8, 4) is 0 Å². The summed E-state index contributed by atoms with van der Waals surface area (Å²) in [6.07, 6.45) is 1.69. The normalized spacial score (nSPS) is 17.4. The third-order valence-electron chi connectivity index (χ3n) is 3.13. The number of hydrogen-bond donors (Lipinski definition) is 1. The lowest BCUT2D eigenvalue weighted by molar-refractivity contribution is -0.0860. The van der Waals surface area contributed by atoms with Crippen molar-refractivity contribution in [3.63, 3.8) is 0 Å². The molecule has 0 unspecified atom stereocenters. The van der Waals surface area contributed by atoms with Gasteiger partial charge in [0, 0.05) is 8.04 Å². The van der Waals surface area contributed by atoms with Gasteiger partial charge in [0.05, 0.1) is 24.3 Å². The summed E-state index contributed by atoms with van der Waals surface area (Å²) < 4.78 is 1.84. The molecule has 0 saturated carbocycles. The molecule has 0 aliphatic carbocycles. The molecule has 0 atom stereocenters. The van der Waals surface area contributed by atoms with E-state index in [4.69, 9.17) is 0 Å². The Balaban J connectivity index is 2.08. The highest BCUT2D eigenvalue weighted by molar-refractivity contribution is 14.1.